The number of hydrogen-bond acceptors (Lipinski definition) is 8. The van der Waals surface area contributed by atoms with Gasteiger partial charge in [-0.25, -0.2) is 4.68 Å². The predicted octanol–water partition coefficient (Wildman–Crippen LogP) is 6.37. The molecule has 11 heteroatoms. The summed E-state index contributed by atoms with van der Waals surface area (Å²) < 4.78 is 19.8. The zero-order valence-corrected chi connectivity index (χ0v) is 24.4. The molecule has 4 aromatic rings. The highest BCUT2D eigenvalue weighted by molar-refractivity contribution is 6.35. The van der Waals surface area contributed by atoms with Crippen molar-refractivity contribution in [2.75, 3.05) is 32.9 Å². The Bertz CT molecular complexity index is 1490. The number of halogens is 2. The van der Waals surface area contributed by atoms with Crippen LogP contribution in [0.3, 0.4) is 0 Å². The van der Waals surface area contributed by atoms with E-state index in [4.69, 9.17) is 42.5 Å². The maximum atomic E-state index is 6.38. The lowest BCUT2D eigenvalue weighted by Gasteiger charge is -2.25. The third-order valence-electron chi connectivity index (χ3n) is 7.39. The van der Waals surface area contributed by atoms with Gasteiger partial charge in [0.15, 0.2) is 6.23 Å². The standard InChI is InChI=1S/C30H32Cl2N6O3/c1-20(30-25(31)17-33-18-26(30)32)41-23-8-10-28-24(16-23)27(36-38(28)29-4-2-3-13-40-29)9-7-21-5-6-22(35-34-21)19-37-11-14-39-15-12-37/h5-10,16-18,20,29H,2-4,11-15,19H2,1H3/b9-7+. The minimum absolute atomic E-state index is 0.104. The monoisotopic (exact) mass is 594 g/mol. The van der Waals surface area contributed by atoms with E-state index < -0.39 is 0 Å². The average Bonchev–Trinajstić information content (AvgIpc) is 3.35. The molecule has 2 atom stereocenters. The lowest BCUT2D eigenvalue weighted by Crippen LogP contribution is -2.35. The number of ether oxygens (including phenoxy) is 3. The molecule has 5 heterocycles. The first-order valence-electron chi connectivity index (χ1n) is 14.0. The Morgan fingerprint density at radius 2 is 1.85 bits per heavy atom. The molecule has 2 fully saturated rings. The van der Waals surface area contributed by atoms with Crippen LogP contribution < -0.4 is 4.74 Å². The van der Waals surface area contributed by atoms with E-state index in [0.717, 1.165) is 86.7 Å². The van der Waals surface area contributed by atoms with Crippen LogP contribution in [0.15, 0.2) is 42.7 Å². The van der Waals surface area contributed by atoms with Crippen LogP contribution in [-0.2, 0) is 16.0 Å². The summed E-state index contributed by atoms with van der Waals surface area (Å²) in [4.78, 5) is 6.37. The van der Waals surface area contributed by atoms with Gasteiger partial charge in [0.1, 0.15) is 11.9 Å². The third-order valence-corrected chi connectivity index (χ3v) is 7.99. The molecule has 2 saturated heterocycles. The fourth-order valence-corrected chi connectivity index (χ4v) is 5.92. The van der Waals surface area contributed by atoms with E-state index in [-0.39, 0.29) is 12.3 Å². The van der Waals surface area contributed by atoms with E-state index in [0.29, 0.717) is 21.4 Å². The van der Waals surface area contributed by atoms with Gasteiger partial charge in [-0.1, -0.05) is 23.2 Å². The summed E-state index contributed by atoms with van der Waals surface area (Å²) in [6, 6.07) is 9.97. The number of nitrogens with zero attached hydrogens (tertiary/aromatic N) is 6. The van der Waals surface area contributed by atoms with Gasteiger partial charge in [-0.15, -0.1) is 0 Å². The fraction of sp³-hybridized carbons (Fsp3) is 0.400. The van der Waals surface area contributed by atoms with Crippen LogP contribution in [0.25, 0.3) is 23.1 Å². The Morgan fingerprint density at radius 1 is 1.02 bits per heavy atom. The number of fused-ring (bicyclic) bond motifs is 1. The minimum Gasteiger partial charge on any atom is -0.486 e. The topological polar surface area (TPSA) is 87.4 Å². The van der Waals surface area contributed by atoms with Gasteiger partial charge < -0.3 is 14.2 Å². The van der Waals surface area contributed by atoms with Crippen LogP contribution in [-0.4, -0.2) is 62.8 Å². The quantitative estimate of drug-likeness (QED) is 0.232. The van der Waals surface area contributed by atoms with Gasteiger partial charge in [0, 0.05) is 49.6 Å². The molecule has 41 heavy (non-hydrogen) atoms. The maximum absolute atomic E-state index is 6.38. The van der Waals surface area contributed by atoms with Crippen molar-refractivity contribution in [3.05, 3.63) is 75.4 Å². The molecule has 2 aliphatic rings. The second-order valence-electron chi connectivity index (χ2n) is 10.3. The van der Waals surface area contributed by atoms with E-state index in [2.05, 4.69) is 20.1 Å². The molecule has 6 rings (SSSR count). The van der Waals surface area contributed by atoms with Gasteiger partial charge in [0.05, 0.1) is 45.9 Å². The summed E-state index contributed by atoms with van der Waals surface area (Å²) in [7, 11) is 0. The number of morpholine rings is 1. The molecule has 2 aliphatic heterocycles. The number of benzene rings is 1. The zero-order valence-electron chi connectivity index (χ0n) is 22.9. The molecule has 9 nitrogen and oxygen atoms in total. The summed E-state index contributed by atoms with van der Waals surface area (Å²) in [6.45, 7) is 6.77. The molecular weight excluding hydrogens is 563 g/mol. The first-order chi connectivity index (χ1) is 20.0. The van der Waals surface area contributed by atoms with Crippen molar-refractivity contribution < 1.29 is 14.2 Å². The molecule has 0 N–H and O–H groups in total. The van der Waals surface area contributed by atoms with Crippen LogP contribution in [0, 0.1) is 0 Å². The smallest absolute Gasteiger partial charge is 0.150 e. The Balaban J connectivity index is 1.27. The molecule has 3 aromatic heterocycles. The SMILES string of the molecule is CC(Oc1ccc2c(c1)c(/C=C/c1ccc(CN3CCOCC3)nn1)nn2C1CCCCO1)c1c(Cl)cncc1Cl. The molecule has 2 unspecified atom stereocenters. The molecule has 0 aliphatic carbocycles. The number of pyridine rings is 1. The fourth-order valence-electron chi connectivity index (χ4n) is 5.25. The summed E-state index contributed by atoms with van der Waals surface area (Å²) in [5.41, 5.74) is 4.18. The number of rotatable bonds is 8. The summed E-state index contributed by atoms with van der Waals surface area (Å²) in [5, 5.41) is 15.7. The van der Waals surface area contributed by atoms with Crippen molar-refractivity contribution in [2.45, 2.75) is 45.1 Å². The van der Waals surface area contributed by atoms with Gasteiger partial charge >= 0.3 is 0 Å². The van der Waals surface area contributed by atoms with E-state index in [1.807, 2.05) is 54.1 Å². The van der Waals surface area contributed by atoms with Crippen molar-refractivity contribution in [1.29, 1.82) is 0 Å². The average molecular weight is 596 g/mol. The normalized spacial score (nSPS) is 19.1. The molecule has 0 bridgehead atoms. The van der Waals surface area contributed by atoms with Crippen molar-refractivity contribution in [2.24, 2.45) is 0 Å². The van der Waals surface area contributed by atoms with E-state index in [1.165, 1.54) is 0 Å². The van der Waals surface area contributed by atoms with Crippen molar-refractivity contribution in [3.8, 4) is 5.75 Å². The molecule has 0 saturated carbocycles. The van der Waals surface area contributed by atoms with Crippen LogP contribution in [0.5, 0.6) is 5.75 Å². The van der Waals surface area contributed by atoms with Crippen molar-refractivity contribution >= 4 is 46.3 Å². The lowest BCUT2D eigenvalue weighted by molar-refractivity contribution is -0.0367. The highest BCUT2D eigenvalue weighted by Crippen LogP contribution is 2.35. The second-order valence-corrected chi connectivity index (χ2v) is 11.1. The van der Waals surface area contributed by atoms with E-state index in [1.54, 1.807) is 12.4 Å². The first-order valence-corrected chi connectivity index (χ1v) is 14.7. The molecule has 0 amide bonds. The molecular formula is C30H32Cl2N6O3. The van der Waals surface area contributed by atoms with Gasteiger partial charge in [-0.3, -0.25) is 9.88 Å². The number of hydrogen-bond donors (Lipinski definition) is 0. The van der Waals surface area contributed by atoms with Gasteiger partial charge in [-0.2, -0.15) is 15.3 Å². The third kappa shape index (κ3) is 6.55. The summed E-state index contributed by atoms with van der Waals surface area (Å²) in [5.74, 6) is 0.681. The Hall–Kier alpha value is -3.08. The van der Waals surface area contributed by atoms with Crippen LogP contribution in [0.4, 0.5) is 0 Å². The van der Waals surface area contributed by atoms with Gasteiger partial charge in [0.2, 0.25) is 0 Å². The highest BCUT2D eigenvalue weighted by Gasteiger charge is 2.22. The van der Waals surface area contributed by atoms with Crippen molar-refractivity contribution in [1.82, 2.24) is 29.9 Å². The number of aromatic nitrogens is 5. The largest absolute Gasteiger partial charge is 0.486 e. The molecule has 1 aromatic carbocycles. The van der Waals surface area contributed by atoms with E-state index >= 15 is 0 Å². The predicted molar refractivity (Wildman–Crippen MR) is 159 cm³/mol. The minimum atomic E-state index is -0.377. The van der Waals surface area contributed by atoms with Gasteiger partial charge in [0.25, 0.3) is 0 Å². The molecule has 0 spiro atoms. The molecule has 0 radical (unpaired) electrons. The van der Waals surface area contributed by atoms with Crippen LogP contribution >= 0.6 is 23.2 Å². The molecule has 214 valence electrons. The van der Waals surface area contributed by atoms with Crippen LogP contribution in [0.2, 0.25) is 10.0 Å². The summed E-state index contributed by atoms with van der Waals surface area (Å²) >= 11 is 12.8. The van der Waals surface area contributed by atoms with Crippen molar-refractivity contribution in [3.63, 3.8) is 0 Å². The Kier molecular flexibility index (Phi) is 8.78. The first kappa shape index (κ1) is 28.1. The van der Waals surface area contributed by atoms with E-state index in [9.17, 15) is 0 Å². The Labute approximate surface area is 249 Å². The Morgan fingerprint density at radius 3 is 2.59 bits per heavy atom. The highest BCUT2D eigenvalue weighted by atomic mass is 35.5. The van der Waals surface area contributed by atoms with Gasteiger partial charge in [-0.05, 0) is 68.7 Å². The lowest BCUT2D eigenvalue weighted by atomic mass is 10.1. The second kappa shape index (κ2) is 12.8. The maximum Gasteiger partial charge on any atom is 0.150 e. The zero-order chi connectivity index (χ0) is 28.2. The summed E-state index contributed by atoms with van der Waals surface area (Å²) in [6.07, 6.45) is 9.66. The van der Waals surface area contributed by atoms with Crippen LogP contribution in [0.1, 0.15) is 61.2 Å².